The molecule has 0 saturated carbocycles. The van der Waals surface area contributed by atoms with Gasteiger partial charge in [0.15, 0.2) is 9.84 Å². The first-order valence-corrected chi connectivity index (χ1v) is 5.90. The molecule has 1 aliphatic heterocycles. The molecule has 0 atom stereocenters. The van der Waals surface area contributed by atoms with Gasteiger partial charge in [-0.15, -0.1) is 0 Å². The Morgan fingerprint density at radius 3 is 2.67 bits per heavy atom. The minimum atomic E-state index is -2.97. The van der Waals surface area contributed by atoms with Crippen LogP contribution >= 0.6 is 0 Å². The lowest BCUT2D eigenvalue weighted by Crippen LogP contribution is -1.96. The van der Waals surface area contributed by atoms with Gasteiger partial charge in [-0.25, -0.2) is 8.42 Å². The lowest BCUT2D eigenvalue weighted by Gasteiger charge is -1.99. The SMILES string of the molecule is O=S1(=O)C=CC2=C1CCCCC2. The van der Waals surface area contributed by atoms with Crippen LogP contribution in [0.2, 0.25) is 0 Å². The second-order valence-electron chi connectivity index (χ2n) is 3.36. The van der Waals surface area contributed by atoms with Crippen LogP contribution in [0, 0.1) is 0 Å². The van der Waals surface area contributed by atoms with Crippen molar-refractivity contribution in [2.75, 3.05) is 0 Å². The summed E-state index contributed by atoms with van der Waals surface area (Å²) in [6.45, 7) is 0. The lowest BCUT2D eigenvalue weighted by molar-refractivity contribution is 0.607. The molecule has 66 valence electrons. The van der Waals surface area contributed by atoms with E-state index in [9.17, 15) is 8.42 Å². The molecule has 3 heteroatoms. The van der Waals surface area contributed by atoms with Crippen LogP contribution in [0.15, 0.2) is 22.0 Å². The summed E-state index contributed by atoms with van der Waals surface area (Å²) >= 11 is 0. The first kappa shape index (κ1) is 8.05. The zero-order chi connectivity index (χ0) is 8.60. The molecule has 1 aliphatic carbocycles. The summed E-state index contributed by atoms with van der Waals surface area (Å²) < 4.78 is 22.8. The Kier molecular flexibility index (Phi) is 1.83. The molecule has 0 bridgehead atoms. The van der Waals surface area contributed by atoms with Gasteiger partial charge in [0.2, 0.25) is 0 Å². The van der Waals surface area contributed by atoms with E-state index in [0.29, 0.717) is 4.91 Å². The first-order chi connectivity index (χ1) is 5.70. The topological polar surface area (TPSA) is 34.1 Å². The highest BCUT2D eigenvalue weighted by atomic mass is 32.2. The number of rotatable bonds is 0. The van der Waals surface area contributed by atoms with Crippen molar-refractivity contribution in [3.63, 3.8) is 0 Å². The minimum Gasteiger partial charge on any atom is -0.219 e. The molecule has 0 saturated heterocycles. The average Bonchev–Trinajstić information content (AvgIpc) is 2.27. The zero-order valence-electron chi connectivity index (χ0n) is 6.91. The largest absolute Gasteiger partial charge is 0.219 e. The van der Waals surface area contributed by atoms with Crippen molar-refractivity contribution in [3.8, 4) is 0 Å². The van der Waals surface area contributed by atoms with Crippen molar-refractivity contribution in [2.24, 2.45) is 0 Å². The second-order valence-corrected chi connectivity index (χ2v) is 5.21. The van der Waals surface area contributed by atoms with E-state index >= 15 is 0 Å². The smallest absolute Gasteiger partial charge is 0.196 e. The van der Waals surface area contributed by atoms with Crippen LogP contribution in [0.4, 0.5) is 0 Å². The third kappa shape index (κ3) is 1.22. The van der Waals surface area contributed by atoms with E-state index in [1.807, 2.05) is 0 Å². The molecule has 0 spiro atoms. The summed E-state index contributed by atoms with van der Waals surface area (Å²) in [5.74, 6) is 0. The van der Waals surface area contributed by atoms with E-state index in [4.69, 9.17) is 0 Å². The maximum atomic E-state index is 11.4. The van der Waals surface area contributed by atoms with Gasteiger partial charge >= 0.3 is 0 Å². The summed E-state index contributed by atoms with van der Waals surface area (Å²) in [4.78, 5) is 0.694. The highest BCUT2D eigenvalue weighted by Crippen LogP contribution is 2.33. The van der Waals surface area contributed by atoms with Crippen LogP contribution < -0.4 is 0 Å². The third-order valence-electron chi connectivity index (χ3n) is 2.50. The highest BCUT2D eigenvalue weighted by Gasteiger charge is 2.24. The molecular formula is C9H12O2S. The van der Waals surface area contributed by atoms with Gasteiger partial charge in [-0.1, -0.05) is 6.42 Å². The summed E-state index contributed by atoms with van der Waals surface area (Å²) in [6, 6.07) is 0. The normalized spacial score (nSPS) is 27.0. The van der Waals surface area contributed by atoms with Crippen molar-refractivity contribution < 1.29 is 8.42 Å². The Balaban J connectivity index is 2.43. The van der Waals surface area contributed by atoms with E-state index in [0.717, 1.165) is 37.7 Å². The van der Waals surface area contributed by atoms with Crippen molar-refractivity contribution in [1.82, 2.24) is 0 Å². The Hall–Kier alpha value is -0.570. The van der Waals surface area contributed by atoms with E-state index in [2.05, 4.69) is 0 Å². The monoisotopic (exact) mass is 184 g/mol. The molecule has 0 aromatic carbocycles. The molecule has 0 amide bonds. The average molecular weight is 184 g/mol. The Morgan fingerprint density at radius 2 is 1.83 bits per heavy atom. The minimum absolute atomic E-state index is 0.694. The highest BCUT2D eigenvalue weighted by molar-refractivity contribution is 7.98. The molecule has 0 aromatic rings. The molecule has 2 nitrogen and oxygen atoms in total. The van der Waals surface area contributed by atoms with Gasteiger partial charge < -0.3 is 0 Å². The fourth-order valence-electron chi connectivity index (χ4n) is 1.83. The number of sulfone groups is 1. The van der Waals surface area contributed by atoms with Gasteiger partial charge in [0.1, 0.15) is 0 Å². The van der Waals surface area contributed by atoms with E-state index < -0.39 is 9.84 Å². The van der Waals surface area contributed by atoms with Crippen molar-refractivity contribution in [1.29, 1.82) is 0 Å². The molecule has 2 rings (SSSR count). The summed E-state index contributed by atoms with van der Waals surface area (Å²) in [5.41, 5.74) is 1.06. The fraction of sp³-hybridized carbons (Fsp3) is 0.556. The van der Waals surface area contributed by atoms with Crippen LogP contribution in [-0.2, 0) is 9.84 Å². The summed E-state index contributed by atoms with van der Waals surface area (Å²) in [5, 5.41) is 1.35. The Bertz CT molecular complexity index is 347. The molecule has 12 heavy (non-hydrogen) atoms. The molecular weight excluding hydrogens is 172 g/mol. The fourth-order valence-corrected chi connectivity index (χ4v) is 3.30. The van der Waals surface area contributed by atoms with Crippen LogP contribution in [-0.4, -0.2) is 8.42 Å². The molecule has 0 unspecified atom stereocenters. The molecule has 0 fully saturated rings. The molecule has 2 aliphatic rings. The van der Waals surface area contributed by atoms with Crippen LogP contribution in [0.5, 0.6) is 0 Å². The van der Waals surface area contributed by atoms with Crippen LogP contribution in [0.3, 0.4) is 0 Å². The quantitative estimate of drug-likeness (QED) is 0.578. The number of allylic oxidation sites excluding steroid dienone is 3. The Morgan fingerprint density at radius 1 is 1.08 bits per heavy atom. The number of hydrogen-bond acceptors (Lipinski definition) is 2. The summed E-state index contributed by atoms with van der Waals surface area (Å²) in [6.07, 6.45) is 6.81. The predicted molar refractivity (Wildman–Crippen MR) is 48.2 cm³/mol. The van der Waals surface area contributed by atoms with E-state index in [1.165, 1.54) is 5.41 Å². The van der Waals surface area contributed by atoms with Gasteiger partial charge in [-0.2, -0.15) is 0 Å². The van der Waals surface area contributed by atoms with Crippen LogP contribution in [0.25, 0.3) is 0 Å². The predicted octanol–water partition coefficient (Wildman–Crippen LogP) is 2.15. The van der Waals surface area contributed by atoms with E-state index in [-0.39, 0.29) is 0 Å². The molecule has 1 heterocycles. The maximum absolute atomic E-state index is 11.4. The lowest BCUT2D eigenvalue weighted by atomic mass is 10.1. The maximum Gasteiger partial charge on any atom is 0.196 e. The van der Waals surface area contributed by atoms with Gasteiger partial charge in [-0.3, -0.25) is 0 Å². The molecule has 0 radical (unpaired) electrons. The van der Waals surface area contributed by atoms with Crippen molar-refractivity contribution in [2.45, 2.75) is 32.1 Å². The summed E-state index contributed by atoms with van der Waals surface area (Å²) in [7, 11) is -2.97. The van der Waals surface area contributed by atoms with E-state index in [1.54, 1.807) is 6.08 Å². The van der Waals surface area contributed by atoms with Gasteiger partial charge in [0.25, 0.3) is 0 Å². The zero-order valence-corrected chi connectivity index (χ0v) is 7.73. The van der Waals surface area contributed by atoms with Crippen LogP contribution in [0.1, 0.15) is 32.1 Å². The van der Waals surface area contributed by atoms with Gasteiger partial charge in [-0.05, 0) is 37.3 Å². The van der Waals surface area contributed by atoms with Crippen molar-refractivity contribution in [3.05, 3.63) is 22.0 Å². The first-order valence-electron chi connectivity index (χ1n) is 4.35. The third-order valence-corrected chi connectivity index (χ3v) is 4.15. The molecule has 0 aromatic heterocycles. The second kappa shape index (κ2) is 2.73. The Labute approximate surface area is 72.9 Å². The standard InChI is InChI=1S/C9H12O2S/c10-12(11)7-6-8-4-2-1-3-5-9(8)12/h6-7H,1-5H2. The van der Waals surface area contributed by atoms with Crippen molar-refractivity contribution >= 4 is 9.84 Å². The number of hydrogen-bond donors (Lipinski definition) is 0. The van der Waals surface area contributed by atoms with Gasteiger partial charge in [0, 0.05) is 5.41 Å². The van der Waals surface area contributed by atoms with Gasteiger partial charge in [0.05, 0.1) is 4.91 Å². The molecule has 0 N–H and O–H groups in total.